The standard InChI is InChI=1S/C56H35N5O/c1-5-17-36(18-6-1)48-35-49(37-19-7-2-8-20-37)58-54(57-48)41-29-31-42-43-33-40(55-60-52(38-21-9-3-10-22-38)59-53(61-55)39-23-11-4-12-24-39)30-32-44(43)56(47(42)34-41)45-25-13-15-27-50(45)62-51-28-16-14-26-46(51)56/h1-35H. The fourth-order valence-corrected chi connectivity index (χ4v) is 9.21. The minimum absolute atomic E-state index is 0.604. The predicted octanol–water partition coefficient (Wildman–Crippen LogP) is 13.1. The zero-order chi connectivity index (χ0) is 41.0. The van der Waals surface area contributed by atoms with Crippen LogP contribution in [0.5, 0.6) is 11.5 Å². The minimum atomic E-state index is -0.715. The Balaban J connectivity index is 1.10. The number of aromatic nitrogens is 5. The molecule has 2 aliphatic rings. The van der Waals surface area contributed by atoms with Gasteiger partial charge in [0.25, 0.3) is 0 Å². The molecule has 1 aliphatic heterocycles. The van der Waals surface area contributed by atoms with Crippen molar-refractivity contribution in [3.8, 4) is 90.7 Å². The summed E-state index contributed by atoms with van der Waals surface area (Å²) in [7, 11) is 0. The number of ether oxygens (including phenoxy) is 1. The van der Waals surface area contributed by atoms with Crippen molar-refractivity contribution >= 4 is 0 Å². The van der Waals surface area contributed by atoms with Gasteiger partial charge in [-0.25, -0.2) is 24.9 Å². The molecule has 8 aromatic carbocycles. The highest BCUT2D eigenvalue weighted by Crippen LogP contribution is 2.62. The summed E-state index contributed by atoms with van der Waals surface area (Å²) < 4.78 is 6.69. The molecule has 0 atom stereocenters. The average Bonchev–Trinajstić information content (AvgIpc) is 3.64. The topological polar surface area (TPSA) is 73.7 Å². The molecule has 0 N–H and O–H groups in total. The molecular weight excluding hydrogens is 759 g/mol. The molecule has 6 nitrogen and oxygen atoms in total. The minimum Gasteiger partial charge on any atom is -0.457 e. The van der Waals surface area contributed by atoms with Gasteiger partial charge in [-0.1, -0.05) is 182 Å². The highest BCUT2D eigenvalue weighted by atomic mass is 16.5. The molecule has 2 aromatic heterocycles. The number of nitrogens with zero attached hydrogens (tertiary/aromatic N) is 5. The van der Waals surface area contributed by atoms with Crippen LogP contribution in [0.1, 0.15) is 22.3 Å². The van der Waals surface area contributed by atoms with Crippen LogP contribution in [0, 0.1) is 0 Å². The summed E-state index contributed by atoms with van der Waals surface area (Å²) >= 11 is 0. The lowest BCUT2D eigenvalue weighted by atomic mass is 9.66. The molecule has 6 heteroatoms. The van der Waals surface area contributed by atoms with E-state index in [-0.39, 0.29) is 0 Å². The second kappa shape index (κ2) is 14.4. The molecule has 1 spiro atoms. The summed E-state index contributed by atoms with van der Waals surface area (Å²) in [5.74, 6) is 4.15. The van der Waals surface area contributed by atoms with Crippen molar-refractivity contribution in [2.45, 2.75) is 5.41 Å². The smallest absolute Gasteiger partial charge is 0.164 e. The fourth-order valence-electron chi connectivity index (χ4n) is 9.21. The number of fused-ring (bicyclic) bond motifs is 9. The molecule has 0 radical (unpaired) electrons. The van der Waals surface area contributed by atoms with Crippen molar-refractivity contribution in [1.29, 1.82) is 0 Å². The van der Waals surface area contributed by atoms with Crippen LogP contribution in [-0.2, 0) is 5.41 Å². The fraction of sp³-hybridized carbons (Fsp3) is 0.0179. The molecule has 0 saturated carbocycles. The lowest BCUT2D eigenvalue weighted by Crippen LogP contribution is -2.32. The summed E-state index contributed by atoms with van der Waals surface area (Å²) in [4.78, 5) is 25.7. The molecular formula is C56H35N5O. The summed E-state index contributed by atoms with van der Waals surface area (Å²) in [6, 6.07) is 73.1. The van der Waals surface area contributed by atoms with Gasteiger partial charge in [0, 0.05) is 44.5 Å². The van der Waals surface area contributed by atoms with E-state index in [0.29, 0.717) is 23.3 Å². The number of benzene rings is 8. The second-order valence-corrected chi connectivity index (χ2v) is 15.6. The maximum atomic E-state index is 6.69. The van der Waals surface area contributed by atoms with Crippen molar-refractivity contribution < 1.29 is 4.74 Å². The van der Waals surface area contributed by atoms with Crippen molar-refractivity contribution in [1.82, 2.24) is 24.9 Å². The van der Waals surface area contributed by atoms with Crippen LogP contribution in [0.25, 0.3) is 79.2 Å². The molecule has 10 aromatic rings. The predicted molar refractivity (Wildman–Crippen MR) is 245 cm³/mol. The van der Waals surface area contributed by atoms with E-state index >= 15 is 0 Å². The molecule has 1 aliphatic carbocycles. The normalized spacial score (nSPS) is 12.8. The molecule has 62 heavy (non-hydrogen) atoms. The van der Waals surface area contributed by atoms with Crippen LogP contribution >= 0.6 is 0 Å². The van der Waals surface area contributed by atoms with Crippen LogP contribution < -0.4 is 4.74 Å². The quantitative estimate of drug-likeness (QED) is 0.167. The zero-order valence-corrected chi connectivity index (χ0v) is 33.4. The average molecular weight is 794 g/mol. The highest BCUT2D eigenvalue weighted by molar-refractivity contribution is 5.92. The second-order valence-electron chi connectivity index (χ2n) is 15.6. The Kier molecular flexibility index (Phi) is 8.28. The molecule has 0 fully saturated rings. The summed E-state index contributed by atoms with van der Waals surface area (Å²) in [5.41, 5.74) is 13.4. The van der Waals surface area contributed by atoms with E-state index in [0.717, 1.165) is 89.6 Å². The molecule has 290 valence electrons. The third-order valence-corrected chi connectivity index (χ3v) is 12.0. The summed E-state index contributed by atoms with van der Waals surface area (Å²) in [5, 5.41) is 0. The van der Waals surface area contributed by atoms with Crippen molar-refractivity contribution in [2.75, 3.05) is 0 Å². The van der Waals surface area contributed by atoms with Gasteiger partial charge in [0.05, 0.1) is 16.8 Å². The number of para-hydroxylation sites is 2. The van der Waals surface area contributed by atoms with Crippen LogP contribution in [0.15, 0.2) is 212 Å². The molecule has 3 heterocycles. The van der Waals surface area contributed by atoms with E-state index in [9.17, 15) is 0 Å². The van der Waals surface area contributed by atoms with Crippen LogP contribution in [0.2, 0.25) is 0 Å². The largest absolute Gasteiger partial charge is 0.457 e. The Morgan fingerprint density at radius 1 is 0.274 bits per heavy atom. The third-order valence-electron chi connectivity index (χ3n) is 12.0. The van der Waals surface area contributed by atoms with Gasteiger partial charge in [-0.15, -0.1) is 0 Å². The van der Waals surface area contributed by atoms with E-state index in [4.69, 9.17) is 29.7 Å². The molecule has 0 bridgehead atoms. The van der Waals surface area contributed by atoms with Crippen molar-refractivity contribution in [2.24, 2.45) is 0 Å². The van der Waals surface area contributed by atoms with Gasteiger partial charge in [-0.3, -0.25) is 0 Å². The first-order chi connectivity index (χ1) is 30.7. The maximum Gasteiger partial charge on any atom is 0.164 e. The number of hydrogen-bond acceptors (Lipinski definition) is 6. The third kappa shape index (κ3) is 5.76. The lowest BCUT2D eigenvalue weighted by molar-refractivity contribution is 0.436. The summed E-state index contributed by atoms with van der Waals surface area (Å²) in [6.45, 7) is 0. The first-order valence-electron chi connectivity index (χ1n) is 20.7. The monoisotopic (exact) mass is 793 g/mol. The van der Waals surface area contributed by atoms with Gasteiger partial charge >= 0.3 is 0 Å². The SMILES string of the molecule is c1ccc(-c2cc(-c3ccccc3)nc(-c3ccc4c(c3)C3(c5ccccc5Oc5ccccc53)c3ccc(-c5nc(-c6ccccc6)nc(-c6ccccc6)n5)cc3-4)n2)cc1. The van der Waals surface area contributed by atoms with Gasteiger partial charge in [-0.05, 0) is 52.6 Å². The van der Waals surface area contributed by atoms with E-state index in [1.807, 2.05) is 109 Å². The number of rotatable bonds is 6. The highest BCUT2D eigenvalue weighted by Gasteiger charge is 2.51. The Hall–Kier alpha value is -8.35. The van der Waals surface area contributed by atoms with E-state index in [2.05, 4.69) is 103 Å². The van der Waals surface area contributed by atoms with Crippen molar-refractivity contribution in [3.63, 3.8) is 0 Å². The molecule has 0 saturated heterocycles. The Bertz CT molecular complexity index is 3160. The van der Waals surface area contributed by atoms with Crippen LogP contribution in [0.3, 0.4) is 0 Å². The lowest BCUT2D eigenvalue weighted by Gasteiger charge is -2.39. The number of hydrogen-bond donors (Lipinski definition) is 0. The van der Waals surface area contributed by atoms with Gasteiger partial charge in [0.2, 0.25) is 0 Å². The van der Waals surface area contributed by atoms with Crippen LogP contribution in [0.4, 0.5) is 0 Å². The van der Waals surface area contributed by atoms with Gasteiger partial charge in [0.15, 0.2) is 23.3 Å². The van der Waals surface area contributed by atoms with Gasteiger partial charge < -0.3 is 4.74 Å². The van der Waals surface area contributed by atoms with Crippen LogP contribution in [-0.4, -0.2) is 24.9 Å². The maximum absolute atomic E-state index is 6.69. The summed E-state index contributed by atoms with van der Waals surface area (Å²) in [6.07, 6.45) is 0. The van der Waals surface area contributed by atoms with E-state index in [1.54, 1.807) is 0 Å². The molecule has 0 unspecified atom stereocenters. The Morgan fingerprint density at radius 3 is 1.23 bits per heavy atom. The zero-order valence-electron chi connectivity index (χ0n) is 33.4. The Labute approximate surface area is 359 Å². The van der Waals surface area contributed by atoms with Gasteiger partial charge in [0.1, 0.15) is 11.5 Å². The first-order valence-corrected chi connectivity index (χ1v) is 20.7. The van der Waals surface area contributed by atoms with Crippen molar-refractivity contribution in [3.05, 3.63) is 235 Å². The first kappa shape index (κ1) is 35.6. The Morgan fingerprint density at radius 2 is 0.694 bits per heavy atom. The molecule has 12 rings (SSSR count). The van der Waals surface area contributed by atoms with Gasteiger partial charge in [-0.2, -0.15) is 0 Å². The van der Waals surface area contributed by atoms with E-state index < -0.39 is 5.41 Å². The van der Waals surface area contributed by atoms with E-state index in [1.165, 1.54) is 0 Å². The molecule has 0 amide bonds.